The molecule has 0 saturated carbocycles. The number of anilines is 2. The second kappa shape index (κ2) is 6.23. The molecule has 22 heavy (non-hydrogen) atoms. The molecular formula is C14H11ClF3N3O. The number of alkyl halides is 3. The highest BCUT2D eigenvalue weighted by Gasteiger charge is 2.31. The van der Waals surface area contributed by atoms with Crippen LogP contribution in [0.3, 0.4) is 0 Å². The third-order valence-corrected chi connectivity index (χ3v) is 2.83. The van der Waals surface area contributed by atoms with Gasteiger partial charge in [0.2, 0.25) is 0 Å². The first kappa shape index (κ1) is 16.1. The number of nitrogens with one attached hydrogen (secondary N) is 2. The van der Waals surface area contributed by atoms with Crippen LogP contribution < -0.4 is 10.6 Å². The minimum Gasteiger partial charge on any atom is -0.308 e. The Labute approximate surface area is 129 Å². The first-order valence-corrected chi connectivity index (χ1v) is 6.51. The summed E-state index contributed by atoms with van der Waals surface area (Å²) in [6.07, 6.45) is -4.57. The number of carbonyl (C=O) groups is 1. The quantitative estimate of drug-likeness (QED) is 0.784. The first-order chi connectivity index (χ1) is 10.2. The van der Waals surface area contributed by atoms with Crippen LogP contribution in [-0.2, 0) is 6.18 Å². The Hall–Kier alpha value is -2.28. The molecule has 0 radical (unpaired) electrons. The Balaban J connectivity index is 2.13. The smallest absolute Gasteiger partial charge is 0.308 e. The molecule has 0 unspecified atom stereocenters. The molecule has 0 saturated heterocycles. The molecule has 4 nitrogen and oxygen atoms in total. The van der Waals surface area contributed by atoms with Gasteiger partial charge in [-0.3, -0.25) is 5.32 Å². The fourth-order valence-electron chi connectivity index (χ4n) is 1.73. The molecule has 1 aromatic carbocycles. The zero-order chi connectivity index (χ0) is 16.3. The topological polar surface area (TPSA) is 54.0 Å². The Kier molecular flexibility index (Phi) is 4.56. The molecule has 0 aliphatic rings. The highest BCUT2D eigenvalue weighted by atomic mass is 35.5. The van der Waals surface area contributed by atoms with E-state index in [0.29, 0.717) is 17.8 Å². The van der Waals surface area contributed by atoms with Crippen molar-refractivity contribution in [3.8, 4) is 0 Å². The van der Waals surface area contributed by atoms with E-state index < -0.39 is 17.8 Å². The van der Waals surface area contributed by atoms with Crippen molar-refractivity contribution in [1.29, 1.82) is 0 Å². The van der Waals surface area contributed by atoms with Crippen LogP contribution in [0, 0.1) is 6.92 Å². The zero-order valence-corrected chi connectivity index (χ0v) is 12.1. The maximum absolute atomic E-state index is 12.7. The second-order valence-corrected chi connectivity index (χ2v) is 4.90. The number of hydrogen-bond acceptors (Lipinski definition) is 2. The lowest BCUT2D eigenvalue weighted by Crippen LogP contribution is -2.20. The molecule has 0 spiro atoms. The second-order valence-electron chi connectivity index (χ2n) is 4.51. The van der Waals surface area contributed by atoms with E-state index in [2.05, 4.69) is 15.6 Å². The van der Waals surface area contributed by atoms with Gasteiger partial charge in [0.15, 0.2) is 0 Å². The predicted molar refractivity (Wildman–Crippen MR) is 78.1 cm³/mol. The SMILES string of the molecule is Cc1cccc(NC(=O)Nc2cc(C(F)(F)F)cc(Cl)n2)c1. The third kappa shape index (κ3) is 4.36. The van der Waals surface area contributed by atoms with Gasteiger partial charge in [-0.25, -0.2) is 9.78 Å². The molecule has 2 amide bonds. The minimum absolute atomic E-state index is 0.287. The molecule has 8 heteroatoms. The normalized spacial score (nSPS) is 11.1. The molecular weight excluding hydrogens is 319 g/mol. The maximum Gasteiger partial charge on any atom is 0.416 e. The number of hydrogen-bond donors (Lipinski definition) is 2. The van der Waals surface area contributed by atoms with Gasteiger partial charge in [0.1, 0.15) is 11.0 Å². The number of aromatic nitrogens is 1. The number of carbonyl (C=O) groups excluding carboxylic acids is 1. The van der Waals surface area contributed by atoms with Gasteiger partial charge in [-0.05, 0) is 36.8 Å². The standard InChI is InChI=1S/C14H11ClF3N3O/c1-8-3-2-4-10(5-8)19-13(22)21-12-7-9(14(16,17)18)6-11(15)20-12/h2-7H,1H3,(H2,19,20,21,22). The van der Waals surface area contributed by atoms with Crippen LogP contribution in [0.1, 0.15) is 11.1 Å². The van der Waals surface area contributed by atoms with Crippen LogP contribution in [-0.4, -0.2) is 11.0 Å². The molecule has 1 heterocycles. The minimum atomic E-state index is -4.57. The van der Waals surface area contributed by atoms with Gasteiger partial charge >= 0.3 is 12.2 Å². The van der Waals surface area contributed by atoms with E-state index in [4.69, 9.17) is 11.6 Å². The van der Waals surface area contributed by atoms with Gasteiger partial charge < -0.3 is 5.32 Å². The highest BCUT2D eigenvalue weighted by molar-refractivity contribution is 6.29. The number of nitrogens with zero attached hydrogens (tertiary/aromatic N) is 1. The lowest BCUT2D eigenvalue weighted by atomic mass is 10.2. The molecule has 2 N–H and O–H groups in total. The van der Waals surface area contributed by atoms with Crippen LogP contribution >= 0.6 is 11.6 Å². The summed E-state index contributed by atoms with van der Waals surface area (Å²) in [4.78, 5) is 15.4. The summed E-state index contributed by atoms with van der Waals surface area (Å²) in [5, 5.41) is 4.35. The highest BCUT2D eigenvalue weighted by Crippen LogP contribution is 2.31. The van der Waals surface area contributed by atoms with E-state index in [-0.39, 0.29) is 11.0 Å². The lowest BCUT2D eigenvalue weighted by Gasteiger charge is -2.11. The van der Waals surface area contributed by atoms with Crippen molar-refractivity contribution in [3.05, 3.63) is 52.7 Å². The van der Waals surface area contributed by atoms with Gasteiger partial charge in [0, 0.05) is 5.69 Å². The van der Waals surface area contributed by atoms with Gasteiger partial charge in [-0.1, -0.05) is 23.7 Å². The van der Waals surface area contributed by atoms with Crippen LogP contribution in [0.5, 0.6) is 0 Å². The van der Waals surface area contributed by atoms with Crippen molar-refractivity contribution in [3.63, 3.8) is 0 Å². The summed E-state index contributed by atoms with van der Waals surface area (Å²) in [5.41, 5.74) is 0.451. The molecule has 2 rings (SSSR count). The van der Waals surface area contributed by atoms with E-state index in [1.807, 2.05) is 13.0 Å². The molecule has 0 atom stereocenters. The van der Waals surface area contributed by atoms with E-state index >= 15 is 0 Å². The van der Waals surface area contributed by atoms with Crippen LogP contribution in [0.2, 0.25) is 5.15 Å². The van der Waals surface area contributed by atoms with Crippen LogP contribution in [0.4, 0.5) is 29.5 Å². The van der Waals surface area contributed by atoms with Crippen molar-refractivity contribution >= 4 is 29.1 Å². The van der Waals surface area contributed by atoms with Gasteiger partial charge in [-0.2, -0.15) is 13.2 Å². The number of urea groups is 1. The molecule has 0 fully saturated rings. The largest absolute Gasteiger partial charge is 0.416 e. The van der Waals surface area contributed by atoms with E-state index in [0.717, 1.165) is 5.56 Å². The first-order valence-electron chi connectivity index (χ1n) is 6.13. The fourth-order valence-corrected chi connectivity index (χ4v) is 1.93. The number of amides is 2. The van der Waals surface area contributed by atoms with Gasteiger partial charge in [0.25, 0.3) is 0 Å². The molecule has 0 aliphatic carbocycles. The Morgan fingerprint density at radius 3 is 2.55 bits per heavy atom. The van der Waals surface area contributed by atoms with Crippen molar-refractivity contribution < 1.29 is 18.0 Å². The van der Waals surface area contributed by atoms with Crippen molar-refractivity contribution in [2.45, 2.75) is 13.1 Å². The van der Waals surface area contributed by atoms with Crippen LogP contribution in [0.15, 0.2) is 36.4 Å². The summed E-state index contributed by atoms with van der Waals surface area (Å²) in [6, 6.07) is 7.63. The molecule has 1 aromatic heterocycles. The summed E-state index contributed by atoms with van der Waals surface area (Å²) in [6.45, 7) is 1.84. The fraction of sp³-hybridized carbons (Fsp3) is 0.143. The summed E-state index contributed by atoms with van der Waals surface area (Å²) < 4.78 is 38.0. The number of pyridine rings is 1. The Bertz CT molecular complexity index is 704. The van der Waals surface area contributed by atoms with Crippen molar-refractivity contribution in [2.24, 2.45) is 0 Å². The molecule has 0 bridgehead atoms. The lowest BCUT2D eigenvalue weighted by molar-refractivity contribution is -0.137. The number of rotatable bonds is 2. The number of halogens is 4. The zero-order valence-electron chi connectivity index (χ0n) is 11.3. The number of benzene rings is 1. The molecule has 2 aromatic rings. The predicted octanol–water partition coefficient (Wildman–Crippen LogP) is 4.71. The van der Waals surface area contributed by atoms with E-state index in [1.54, 1.807) is 18.2 Å². The van der Waals surface area contributed by atoms with Crippen LogP contribution in [0.25, 0.3) is 0 Å². The molecule has 0 aliphatic heterocycles. The average molecular weight is 330 g/mol. The van der Waals surface area contributed by atoms with Gasteiger partial charge in [0.05, 0.1) is 5.56 Å². The summed E-state index contributed by atoms with van der Waals surface area (Å²) in [5.74, 6) is -0.287. The van der Waals surface area contributed by atoms with E-state index in [9.17, 15) is 18.0 Å². The average Bonchev–Trinajstić information content (AvgIpc) is 2.36. The maximum atomic E-state index is 12.7. The monoisotopic (exact) mass is 329 g/mol. The summed E-state index contributed by atoms with van der Waals surface area (Å²) >= 11 is 5.54. The Morgan fingerprint density at radius 2 is 1.91 bits per heavy atom. The third-order valence-electron chi connectivity index (χ3n) is 2.64. The summed E-state index contributed by atoms with van der Waals surface area (Å²) in [7, 11) is 0. The van der Waals surface area contributed by atoms with Gasteiger partial charge in [-0.15, -0.1) is 0 Å². The van der Waals surface area contributed by atoms with Crippen molar-refractivity contribution in [2.75, 3.05) is 10.6 Å². The van der Waals surface area contributed by atoms with Crippen molar-refractivity contribution in [1.82, 2.24) is 4.98 Å². The van der Waals surface area contributed by atoms with E-state index in [1.165, 1.54) is 0 Å². The Morgan fingerprint density at radius 1 is 1.18 bits per heavy atom. The molecule has 116 valence electrons. The number of aryl methyl sites for hydroxylation is 1.